The zero-order valence-corrected chi connectivity index (χ0v) is 21.6. The van der Waals surface area contributed by atoms with Crippen LogP contribution in [0.4, 0.5) is 5.69 Å². The van der Waals surface area contributed by atoms with Crippen molar-refractivity contribution >= 4 is 34.2 Å². The number of halogens is 1. The molecule has 0 saturated heterocycles. The van der Waals surface area contributed by atoms with E-state index in [-0.39, 0.29) is 17.8 Å². The lowest BCUT2D eigenvalue weighted by Gasteiger charge is -2.16. The average Bonchev–Trinajstić information content (AvgIpc) is 3.17. The van der Waals surface area contributed by atoms with Crippen LogP contribution in [0.2, 0.25) is 5.02 Å². The van der Waals surface area contributed by atoms with Gasteiger partial charge < -0.3 is 19.3 Å². The number of carbonyl (C=O) groups is 1. The maximum Gasteiger partial charge on any atom is 0.309 e. The van der Waals surface area contributed by atoms with E-state index in [0.29, 0.717) is 18.2 Å². The molecule has 0 aliphatic rings. The molecule has 0 unspecified atom stereocenters. The summed E-state index contributed by atoms with van der Waals surface area (Å²) in [7, 11) is 1.38. The lowest BCUT2D eigenvalue weighted by atomic mass is 9.89. The zero-order valence-electron chi connectivity index (χ0n) is 20.8. The number of ether oxygens (including phenoxy) is 2. The highest BCUT2D eigenvalue weighted by Gasteiger charge is 2.20. The van der Waals surface area contributed by atoms with Crippen LogP contribution in [-0.4, -0.2) is 31.4 Å². The van der Waals surface area contributed by atoms with Gasteiger partial charge in [0, 0.05) is 17.5 Å². The van der Waals surface area contributed by atoms with Crippen molar-refractivity contribution in [3.8, 4) is 5.75 Å². The molecule has 0 spiro atoms. The first-order chi connectivity index (χ1) is 16.2. The van der Waals surface area contributed by atoms with Crippen molar-refractivity contribution in [1.29, 1.82) is 0 Å². The molecule has 0 saturated carbocycles. The fourth-order valence-corrected chi connectivity index (χ4v) is 4.14. The quantitative estimate of drug-likeness (QED) is 0.242. The van der Waals surface area contributed by atoms with E-state index < -0.39 is 0 Å². The Morgan fingerprint density at radius 1 is 1.21 bits per heavy atom. The van der Waals surface area contributed by atoms with Crippen LogP contribution in [0.3, 0.4) is 0 Å². The van der Waals surface area contributed by atoms with Crippen molar-refractivity contribution in [2.24, 2.45) is 5.41 Å². The fourth-order valence-electron chi connectivity index (χ4n) is 3.87. The predicted octanol–water partition coefficient (Wildman–Crippen LogP) is 6.62. The standard InChI is InChI=1S/C27H35ClN2O4/c1-6-8-20-24(12-10-19-23(17-27(2,3)4)30-34-26(19)20)33-14-7-13-29-22-11-9-18(15-21(22)28)16-25(31)32-5/h9-12,15,29H,6-8,13-14,16-17H2,1-5H3. The molecule has 0 amide bonds. The number of rotatable bonds is 11. The van der Waals surface area contributed by atoms with Crippen LogP contribution in [0.5, 0.6) is 5.75 Å². The number of methoxy groups -OCH3 is 1. The molecule has 0 bridgehead atoms. The molecule has 0 fully saturated rings. The number of nitrogens with one attached hydrogen (secondary N) is 1. The summed E-state index contributed by atoms with van der Waals surface area (Å²) < 4.78 is 16.6. The molecule has 0 atom stereocenters. The van der Waals surface area contributed by atoms with Crippen LogP contribution in [0.15, 0.2) is 34.9 Å². The smallest absolute Gasteiger partial charge is 0.309 e. The molecular weight excluding hydrogens is 452 g/mol. The summed E-state index contributed by atoms with van der Waals surface area (Å²) in [6, 6.07) is 9.65. The van der Waals surface area contributed by atoms with Crippen molar-refractivity contribution in [1.82, 2.24) is 5.16 Å². The average molecular weight is 487 g/mol. The lowest BCUT2D eigenvalue weighted by molar-refractivity contribution is -0.139. The van der Waals surface area contributed by atoms with Gasteiger partial charge in [0.1, 0.15) is 5.75 Å². The lowest BCUT2D eigenvalue weighted by Crippen LogP contribution is -2.10. The van der Waals surface area contributed by atoms with Gasteiger partial charge in [0.2, 0.25) is 0 Å². The highest BCUT2D eigenvalue weighted by Crippen LogP contribution is 2.33. The molecule has 1 N–H and O–H groups in total. The minimum absolute atomic E-state index is 0.140. The van der Waals surface area contributed by atoms with E-state index in [9.17, 15) is 4.79 Å². The largest absolute Gasteiger partial charge is 0.493 e. The Kier molecular flexibility index (Phi) is 8.84. The van der Waals surface area contributed by atoms with Crippen molar-refractivity contribution in [2.45, 2.75) is 59.8 Å². The van der Waals surface area contributed by atoms with Gasteiger partial charge in [-0.25, -0.2) is 0 Å². The van der Waals surface area contributed by atoms with E-state index >= 15 is 0 Å². The van der Waals surface area contributed by atoms with Gasteiger partial charge in [0.25, 0.3) is 0 Å². The zero-order chi connectivity index (χ0) is 24.7. The molecule has 184 valence electrons. The summed E-state index contributed by atoms with van der Waals surface area (Å²) in [5.41, 5.74) is 4.73. The first kappa shape index (κ1) is 25.9. The second kappa shape index (κ2) is 11.6. The summed E-state index contributed by atoms with van der Waals surface area (Å²) in [5, 5.41) is 9.36. The summed E-state index contributed by atoms with van der Waals surface area (Å²) in [6.45, 7) is 10.0. The number of carbonyl (C=O) groups excluding carboxylic acids is 1. The summed E-state index contributed by atoms with van der Waals surface area (Å²) in [4.78, 5) is 11.4. The summed E-state index contributed by atoms with van der Waals surface area (Å²) >= 11 is 6.36. The molecule has 7 heteroatoms. The third-order valence-corrected chi connectivity index (χ3v) is 5.79. The number of aromatic nitrogens is 1. The van der Waals surface area contributed by atoms with Gasteiger partial charge in [0.15, 0.2) is 5.58 Å². The SMILES string of the molecule is CCCc1c(OCCCNc2ccc(CC(=O)OC)cc2Cl)ccc2c(CC(C)(C)C)noc12. The molecule has 2 aromatic carbocycles. The van der Waals surface area contributed by atoms with Crippen molar-refractivity contribution in [2.75, 3.05) is 25.6 Å². The van der Waals surface area contributed by atoms with E-state index in [4.69, 9.17) is 25.6 Å². The minimum atomic E-state index is -0.287. The molecule has 0 aliphatic carbocycles. The fraction of sp³-hybridized carbons (Fsp3) is 0.481. The van der Waals surface area contributed by atoms with Crippen LogP contribution in [0.1, 0.15) is 57.4 Å². The number of benzene rings is 2. The second-order valence-corrected chi connectivity index (χ2v) is 10.1. The monoisotopic (exact) mass is 486 g/mol. The molecule has 3 rings (SSSR count). The molecule has 1 aromatic heterocycles. The predicted molar refractivity (Wildman–Crippen MR) is 137 cm³/mol. The molecule has 6 nitrogen and oxygen atoms in total. The number of aryl methyl sites for hydroxylation is 1. The molecule has 1 heterocycles. The first-order valence-electron chi connectivity index (χ1n) is 11.8. The number of hydrogen-bond acceptors (Lipinski definition) is 6. The van der Waals surface area contributed by atoms with Crippen LogP contribution in [0.25, 0.3) is 11.0 Å². The third kappa shape index (κ3) is 6.89. The van der Waals surface area contributed by atoms with Crippen LogP contribution in [0, 0.1) is 5.41 Å². The Labute approximate surface area is 206 Å². The number of nitrogens with zero attached hydrogens (tertiary/aromatic N) is 1. The van der Waals surface area contributed by atoms with E-state index in [1.807, 2.05) is 18.2 Å². The van der Waals surface area contributed by atoms with Gasteiger partial charge in [-0.05, 0) is 54.5 Å². The third-order valence-electron chi connectivity index (χ3n) is 5.48. The molecule has 34 heavy (non-hydrogen) atoms. The first-order valence-corrected chi connectivity index (χ1v) is 12.2. The van der Waals surface area contributed by atoms with E-state index in [1.54, 1.807) is 6.07 Å². The van der Waals surface area contributed by atoms with Crippen molar-refractivity contribution < 1.29 is 18.8 Å². The number of fused-ring (bicyclic) bond motifs is 1. The van der Waals surface area contributed by atoms with Crippen LogP contribution in [-0.2, 0) is 28.8 Å². The number of esters is 1. The Morgan fingerprint density at radius 3 is 2.68 bits per heavy atom. The Balaban J connectivity index is 1.58. The normalized spacial score (nSPS) is 11.6. The Morgan fingerprint density at radius 2 is 2.00 bits per heavy atom. The molecule has 0 radical (unpaired) electrons. The van der Waals surface area contributed by atoms with Gasteiger partial charge >= 0.3 is 5.97 Å². The minimum Gasteiger partial charge on any atom is -0.493 e. The van der Waals surface area contributed by atoms with Gasteiger partial charge in [-0.1, -0.05) is 56.9 Å². The second-order valence-electron chi connectivity index (χ2n) is 9.73. The van der Waals surface area contributed by atoms with Crippen LogP contribution < -0.4 is 10.1 Å². The molecule has 0 aliphatic heterocycles. The summed E-state index contributed by atoms with van der Waals surface area (Å²) in [5.74, 6) is 0.573. The van der Waals surface area contributed by atoms with Gasteiger partial charge in [0.05, 0.1) is 36.5 Å². The maximum atomic E-state index is 11.4. The van der Waals surface area contributed by atoms with E-state index in [0.717, 1.165) is 64.9 Å². The molecular formula is C27H35ClN2O4. The Bertz CT molecular complexity index is 1120. The highest BCUT2D eigenvalue weighted by molar-refractivity contribution is 6.33. The van der Waals surface area contributed by atoms with Crippen molar-refractivity contribution in [3.63, 3.8) is 0 Å². The van der Waals surface area contributed by atoms with Gasteiger partial charge in [-0.3, -0.25) is 4.79 Å². The Hall–Kier alpha value is -2.73. The van der Waals surface area contributed by atoms with E-state index in [1.165, 1.54) is 7.11 Å². The maximum absolute atomic E-state index is 11.4. The highest BCUT2D eigenvalue weighted by atomic mass is 35.5. The van der Waals surface area contributed by atoms with Crippen LogP contribution >= 0.6 is 11.6 Å². The van der Waals surface area contributed by atoms with Crippen molar-refractivity contribution in [3.05, 3.63) is 52.2 Å². The van der Waals surface area contributed by atoms with E-state index in [2.05, 4.69) is 44.2 Å². The number of anilines is 1. The topological polar surface area (TPSA) is 73.6 Å². The van der Waals surface area contributed by atoms with Gasteiger partial charge in [-0.2, -0.15) is 0 Å². The summed E-state index contributed by atoms with van der Waals surface area (Å²) in [6.07, 6.45) is 3.75. The van der Waals surface area contributed by atoms with Gasteiger partial charge in [-0.15, -0.1) is 0 Å². The number of hydrogen-bond donors (Lipinski definition) is 1. The molecule has 3 aromatic rings.